The highest BCUT2D eigenvalue weighted by Crippen LogP contribution is 2.27. The predicted molar refractivity (Wildman–Crippen MR) is 95.8 cm³/mol. The van der Waals surface area contributed by atoms with E-state index in [1.165, 1.54) is 12.1 Å². The molecule has 1 unspecified atom stereocenters. The highest BCUT2D eigenvalue weighted by atomic mass is 79.9. The van der Waals surface area contributed by atoms with E-state index >= 15 is 0 Å². The van der Waals surface area contributed by atoms with Crippen molar-refractivity contribution in [3.8, 4) is 0 Å². The molecule has 0 aliphatic carbocycles. The second-order valence-corrected chi connectivity index (χ2v) is 9.11. The van der Waals surface area contributed by atoms with Gasteiger partial charge in [0.15, 0.2) is 0 Å². The minimum atomic E-state index is -1.26. The van der Waals surface area contributed by atoms with Crippen LogP contribution >= 0.6 is 15.9 Å². The van der Waals surface area contributed by atoms with Gasteiger partial charge in [-0.2, -0.15) is 0 Å². The Bertz CT molecular complexity index is 663. The largest absolute Gasteiger partial charge is 0.598 e. The summed E-state index contributed by atoms with van der Waals surface area (Å²) in [5.41, 5.74) is 1.58. The van der Waals surface area contributed by atoms with Crippen molar-refractivity contribution in [3.05, 3.63) is 64.1 Å². The van der Waals surface area contributed by atoms with E-state index in [0.717, 1.165) is 15.7 Å². The van der Waals surface area contributed by atoms with Gasteiger partial charge in [0.1, 0.15) is 10.6 Å². The summed E-state index contributed by atoms with van der Waals surface area (Å²) in [7, 11) is 0. The molecule has 3 nitrogen and oxygen atoms in total. The fourth-order valence-electron chi connectivity index (χ4n) is 2.05. The molecule has 0 amide bonds. The molecule has 124 valence electrons. The van der Waals surface area contributed by atoms with Crippen LogP contribution in [-0.4, -0.2) is 14.3 Å². The first-order valence-electron chi connectivity index (χ1n) is 7.30. The number of hydrogen-bond acceptors (Lipinski definition) is 3. The number of aromatic nitrogens is 1. The van der Waals surface area contributed by atoms with Gasteiger partial charge in [-0.15, -0.1) is 4.72 Å². The van der Waals surface area contributed by atoms with E-state index in [9.17, 15) is 8.94 Å². The van der Waals surface area contributed by atoms with Gasteiger partial charge < -0.3 is 4.55 Å². The van der Waals surface area contributed by atoms with Gasteiger partial charge in [-0.1, -0.05) is 12.1 Å². The minimum Gasteiger partial charge on any atom is -0.598 e. The van der Waals surface area contributed by atoms with Gasteiger partial charge in [0.2, 0.25) is 0 Å². The molecular weight excluding hydrogens is 379 g/mol. The van der Waals surface area contributed by atoms with E-state index in [-0.39, 0.29) is 11.9 Å². The zero-order valence-corrected chi connectivity index (χ0v) is 15.7. The number of hydrogen-bond donors (Lipinski definition) is 1. The maximum Gasteiger partial charge on any atom is 0.136 e. The fraction of sp³-hybridized carbons (Fsp3) is 0.353. The van der Waals surface area contributed by atoms with Crippen LogP contribution in [0.2, 0.25) is 0 Å². The van der Waals surface area contributed by atoms with E-state index < -0.39 is 16.1 Å². The number of halogens is 2. The van der Waals surface area contributed by atoms with Gasteiger partial charge >= 0.3 is 0 Å². The van der Waals surface area contributed by atoms with Gasteiger partial charge in [-0.05, 0) is 73.0 Å². The van der Waals surface area contributed by atoms with Gasteiger partial charge in [0.05, 0.1) is 11.7 Å². The summed E-state index contributed by atoms with van der Waals surface area (Å²) in [5, 5.41) is 0. The Kier molecular flexibility index (Phi) is 6.19. The quantitative estimate of drug-likeness (QED) is 0.762. The maximum atomic E-state index is 13.4. The molecule has 0 aliphatic rings. The SMILES string of the molecule is CC(C)(C)[S+]([O-])N[C@@H](Cc1cccc(F)c1)c1ncccc1Br. The monoisotopic (exact) mass is 398 g/mol. The Morgan fingerprint density at radius 1 is 1.30 bits per heavy atom. The van der Waals surface area contributed by atoms with Crippen LogP contribution in [0.3, 0.4) is 0 Å². The molecule has 0 spiro atoms. The molecule has 1 aromatic carbocycles. The zero-order chi connectivity index (χ0) is 17.0. The number of nitrogens with zero attached hydrogens (tertiary/aromatic N) is 1. The van der Waals surface area contributed by atoms with Crippen LogP contribution in [0.5, 0.6) is 0 Å². The Hall–Kier alpha value is -0.950. The van der Waals surface area contributed by atoms with Crippen molar-refractivity contribution >= 4 is 27.3 Å². The predicted octanol–water partition coefficient (Wildman–Crippen LogP) is 4.32. The van der Waals surface area contributed by atoms with Crippen molar-refractivity contribution in [2.45, 2.75) is 38.0 Å². The normalized spacial score (nSPS) is 14.5. The lowest BCUT2D eigenvalue weighted by Crippen LogP contribution is -2.42. The van der Waals surface area contributed by atoms with E-state index in [1.54, 1.807) is 12.3 Å². The topological polar surface area (TPSA) is 48.0 Å². The molecule has 2 atom stereocenters. The average molecular weight is 399 g/mol. The molecular formula is C17H20BrFN2OS. The maximum absolute atomic E-state index is 13.4. The van der Waals surface area contributed by atoms with Crippen molar-refractivity contribution in [2.24, 2.45) is 0 Å². The molecule has 1 N–H and O–H groups in total. The van der Waals surface area contributed by atoms with Gasteiger partial charge in [0, 0.05) is 22.0 Å². The molecule has 2 aromatic rings. The van der Waals surface area contributed by atoms with Crippen molar-refractivity contribution in [1.82, 2.24) is 9.71 Å². The second-order valence-electron chi connectivity index (χ2n) is 6.26. The molecule has 1 aromatic heterocycles. The van der Waals surface area contributed by atoms with Crippen molar-refractivity contribution in [3.63, 3.8) is 0 Å². The summed E-state index contributed by atoms with van der Waals surface area (Å²) in [5.74, 6) is -0.279. The Labute approximate surface area is 148 Å². The lowest BCUT2D eigenvalue weighted by atomic mass is 10.0. The number of benzene rings is 1. The fourth-order valence-corrected chi connectivity index (χ4v) is 3.39. The molecule has 0 bridgehead atoms. The molecule has 6 heteroatoms. The lowest BCUT2D eigenvalue weighted by molar-refractivity contribution is 0.517. The van der Waals surface area contributed by atoms with Crippen LogP contribution in [0.4, 0.5) is 4.39 Å². The van der Waals surface area contributed by atoms with Gasteiger partial charge in [0.25, 0.3) is 0 Å². The molecule has 0 radical (unpaired) electrons. The summed E-state index contributed by atoms with van der Waals surface area (Å²) < 4.78 is 29.5. The number of rotatable bonds is 5. The third kappa shape index (κ3) is 5.28. The molecule has 0 fully saturated rings. The lowest BCUT2D eigenvalue weighted by Gasteiger charge is -2.28. The molecule has 0 aliphatic heterocycles. The highest BCUT2D eigenvalue weighted by Gasteiger charge is 2.31. The zero-order valence-electron chi connectivity index (χ0n) is 13.3. The van der Waals surface area contributed by atoms with Crippen molar-refractivity contribution < 1.29 is 8.94 Å². The molecule has 23 heavy (non-hydrogen) atoms. The molecule has 0 saturated heterocycles. The molecule has 1 heterocycles. The standard InChI is InChI=1S/C17H20BrFN2OS/c1-17(2,3)23(22)21-15(16-14(18)8-5-9-20-16)11-12-6-4-7-13(19)10-12/h4-10,15,21H,11H2,1-3H3/t15-,23?/m0/s1. The van der Waals surface area contributed by atoms with Crippen LogP contribution in [0.1, 0.15) is 38.1 Å². The minimum absolute atomic E-state index is 0.279. The summed E-state index contributed by atoms with van der Waals surface area (Å²) in [6.45, 7) is 5.72. The Morgan fingerprint density at radius 3 is 2.65 bits per heavy atom. The first-order valence-corrected chi connectivity index (χ1v) is 9.24. The van der Waals surface area contributed by atoms with Crippen LogP contribution in [0.25, 0.3) is 0 Å². The third-order valence-electron chi connectivity index (χ3n) is 3.25. The summed E-state index contributed by atoms with van der Waals surface area (Å²) in [4.78, 5) is 4.39. The summed E-state index contributed by atoms with van der Waals surface area (Å²) in [6, 6.07) is 9.87. The van der Waals surface area contributed by atoms with Gasteiger partial charge in [-0.25, -0.2) is 4.39 Å². The number of pyridine rings is 1. The molecule has 2 rings (SSSR count). The second kappa shape index (κ2) is 7.75. The third-order valence-corrected chi connectivity index (χ3v) is 5.53. The highest BCUT2D eigenvalue weighted by molar-refractivity contribution is 9.10. The Balaban J connectivity index is 2.30. The van der Waals surface area contributed by atoms with Crippen molar-refractivity contribution in [2.75, 3.05) is 0 Å². The van der Waals surface area contributed by atoms with E-state index in [2.05, 4.69) is 25.6 Å². The summed E-state index contributed by atoms with van der Waals surface area (Å²) >= 11 is 2.23. The van der Waals surface area contributed by atoms with Crippen LogP contribution < -0.4 is 4.72 Å². The Morgan fingerprint density at radius 2 is 2.04 bits per heavy atom. The number of nitrogens with one attached hydrogen (secondary N) is 1. The van der Waals surface area contributed by atoms with Gasteiger partial charge in [-0.3, -0.25) is 4.98 Å². The molecule has 0 saturated carbocycles. The smallest absolute Gasteiger partial charge is 0.136 e. The van der Waals surface area contributed by atoms with Crippen LogP contribution in [-0.2, 0) is 17.8 Å². The summed E-state index contributed by atoms with van der Waals surface area (Å²) in [6.07, 6.45) is 2.19. The van der Waals surface area contributed by atoms with Crippen LogP contribution in [0, 0.1) is 5.82 Å². The van der Waals surface area contributed by atoms with E-state index in [0.29, 0.717) is 6.42 Å². The first kappa shape index (κ1) is 18.4. The van der Waals surface area contributed by atoms with E-state index in [1.807, 2.05) is 39.0 Å². The first-order chi connectivity index (χ1) is 10.8. The van der Waals surface area contributed by atoms with E-state index in [4.69, 9.17) is 0 Å². The van der Waals surface area contributed by atoms with Crippen LogP contribution in [0.15, 0.2) is 47.1 Å². The average Bonchev–Trinajstić information content (AvgIpc) is 2.46. The van der Waals surface area contributed by atoms with Crippen molar-refractivity contribution in [1.29, 1.82) is 0 Å².